The van der Waals surface area contributed by atoms with Crippen LogP contribution in [0.1, 0.15) is 0 Å². The van der Waals surface area contributed by atoms with Crippen LogP contribution in [0.4, 0.5) is 17.5 Å². The van der Waals surface area contributed by atoms with Crippen molar-refractivity contribution in [2.75, 3.05) is 37.0 Å². The normalized spacial score (nSPS) is 10.3. The Morgan fingerprint density at radius 2 is 1.84 bits per heavy atom. The average Bonchev–Trinajstić information content (AvgIpc) is 2.48. The van der Waals surface area contributed by atoms with Crippen LogP contribution in [0.2, 0.25) is 0 Å². The van der Waals surface area contributed by atoms with Crippen LogP contribution in [0, 0.1) is 0 Å². The second-order valence-corrected chi connectivity index (χ2v) is 4.19. The van der Waals surface area contributed by atoms with Gasteiger partial charge in [-0.25, -0.2) is 15.0 Å². The second kappa shape index (κ2) is 6.10. The van der Waals surface area contributed by atoms with E-state index in [-0.39, 0.29) is 0 Å². The summed E-state index contributed by atoms with van der Waals surface area (Å²) < 4.78 is 0. The lowest BCUT2D eigenvalue weighted by atomic mass is 10.4. The Balaban J connectivity index is 2.23. The predicted octanol–water partition coefficient (Wildman–Crippen LogP) is 1.03. The van der Waals surface area contributed by atoms with Crippen LogP contribution >= 0.6 is 0 Å². The van der Waals surface area contributed by atoms with Gasteiger partial charge in [0.25, 0.3) is 0 Å². The molecule has 0 saturated carbocycles. The van der Waals surface area contributed by atoms with Crippen molar-refractivity contribution in [2.45, 2.75) is 0 Å². The van der Waals surface area contributed by atoms with E-state index in [0.29, 0.717) is 6.54 Å². The summed E-state index contributed by atoms with van der Waals surface area (Å²) in [5, 5.41) is 0. The number of rotatable bonds is 5. The van der Waals surface area contributed by atoms with Gasteiger partial charge in [-0.1, -0.05) is 6.07 Å². The molecule has 19 heavy (non-hydrogen) atoms. The van der Waals surface area contributed by atoms with Crippen molar-refractivity contribution in [1.29, 1.82) is 0 Å². The van der Waals surface area contributed by atoms with Gasteiger partial charge in [0, 0.05) is 39.4 Å². The van der Waals surface area contributed by atoms with Crippen LogP contribution in [-0.4, -0.2) is 42.1 Å². The summed E-state index contributed by atoms with van der Waals surface area (Å²) in [6.45, 7) is 1.34. The highest BCUT2D eigenvalue weighted by molar-refractivity contribution is 5.58. The fourth-order valence-electron chi connectivity index (χ4n) is 1.71. The van der Waals surface area contributed by atoms with Crippen molar-refractivity contribution in [1.82, 2.24) is 15.0 Å². The highest BCUT2D eigenvalue weighted by Gasteiger charge is 2.09. The highest BCUT2D eigenvalue weighted by atomic mass is 15.2. The van der Waals surface area contributed by atoms with Crippen molar-refractivity contribution in [3.8, 4) is 0 Å². The largest absolute Gasteiger partial charge is 0.358 e. The van der Waals surface area contributed by atoms with Crippen molar-refractivity contribution in [3.05, 3.63) is 36.8 Å². The topological polar surface area (TPSA) is 71.2 Å². The minimum absolute atomic E-state index is 0.589. The summed E-state index contributed by atoms with van der Waals surface area (Å²) in [5.41, 5.74) is 5.55. The Morgan fingerprint density at radius 1 is 1.05 bits per heavy atom. The van der Waals surface area contributed by atoms with Gasteiger partial charge in [-0.2, -0.15) is 0 Å². The Morgan fingerprint density at radius 3 is 2.53 bits per heavy atom. The van der Waals surface area contributed by atoms with Gasteiger partial charge in [-0.05, 0) is 12.1 Å². The Hall–Kier alpha value is -2.21. The standard InChI is InChI=1S/C13H18N6/c1-18(8-6-14)12-9-13(17-10-16-12)19(2)11-5-3-4-7-15-11/h3-5,7,9-10H,6,8,14H2,1-2H3. The molecular formula is C13H18N6. The number of hydrogen-bond acceptors (Lipinski definition) is 6. The maximum absolute atomic E-state index is 5.55. The van der Waals surface area contributed by atoms with Gasteiger partial charge >= 0.3 is 0 Å². The molecule has 2 N–H and O–H groups in total. The maximum Gasteiger partial charge on any atom is 0.139 e. The maximum atomic E-state index is 5.55. The minimum Gasteiger partial charge on any atom is -0.358 e. The number of nitrogens with two attached hydrogens (primary N) is 1. The first-order chi connectivity index (χ1) is 9.22. The number of nitrogens with zero attached hydrogens (tertiary/aromatic N) is 5. The number of pyridine rings is 1. The van der Waals surface area contributed by atoms with E-state index < -0.39 is 0 Å². The SMILES string of the molecule is CN(CCN)c1cc(N(C)c2ccccn2)ncn1. The second-order valence-electron chi connectivity index (χ2n) is 4.19. The lowest BCUT2D eigenvalue weighted by Crippen LogP contribution is -2.26. The number of likely N-dealkylation sites (N-methyl/N-ethyl adjacent to an activating group) is 1. The molecule has 0 saturated heterocycles. The van der Waals surface area contributed by atoms with E-state index >= 15 is 0 Å². The number of aromatic nitrogens is 3. The van der Waals surface area contributed by atoms with E-state index in [4.69, 9.17) is 5.73 Å². The van der Waals surface area contributed by atoms with Gasteiger partial charge < -0.3 is 15.5 Å². The van der Waals surface area contributed by atoms with Crippen molar-refractivity contribution < 1.29 is 0 Å². The van der Waals surface area contributed by atoms with Gasteiger partial charge in [0.15, 0.2) is 0 Å². The number of anilines is 3. The molecule has 2 aromatic heterocycles. The third-order valence-electron chi connectivity index (χ3n) is 2.83. The Bertz CT molecular complexity index is 516. The first kappa shape index (κ1) is 13.2. The molecule has 0 fully saturated rings. The van der Waals surface area contributed by atoms with E-state index in [2.05, 4.69) is 15.0 Å². The molecule has 0 spiro atoms. The minimum atomic E-state index is 0.589. The van der Waals surface area contributed by atoms with Crippen LogP contribution < -0.4 is 15.5 Å². The van der Waals surface area contributed by atoms with Gasteiger partial charge in [0.2, 0.25) is 0 Å². The van der Waals surface area contributed by atoms with Crippen LogP contribution in [0.25, 0.3) is 0 Å². The van der Waals surface area contributed by atoms with Gasteiger partial charge in [-0.3, -0.25) is 0 Å². The Labute approximate surface area is 112 Å². The molecule has 6 nitrogen and oxygen atoms in total. The molecule has 0 aliphatic rings. The lowest BCUT2D eigenvalue weighted by molar-refractivity contribution is 0.862. The lowest BCUT2D eigenvalue weighted by Gasteiger charge is -2.20. The van der Waals surface area contributed by atoms with Crippen LogP contribution in [-0.2, 0) is 0 Å². The van der Waals surface area contributed by atoms with Gasteiger partial charge in [0.05, 0.1) is 0 Å². The summed E-state index contributed by atoms with van der Waals surface area (Å²) >= 11 is 0. The van der Waals surface area contributed by atoms with Crippen molar-refractivity contribution in [2.24, 2.45) is 5.73 Å². The summed E-state index contributed by atoms with van der Waals surface area (Å²) in [6.07, 6.45) is 3.31. The third kappa shape index (κ3) is 3.17. The molecule has 100 valence electrons. The fourth-order valence-corrected chi connectivity index (χ4v) is 1.71. The quantitative estimate of drug-likeness (QED) is 0.864. The molecule has 0 radical (unpaired) electrons. The molecule has 0 atom stereocenters. The zero-order valence-electron chi connectivity index (χ0n) is 11.2. The first-order valence-corrected chi connectivity index (χ1v) is 6.10. The first-order valence-electron chi connectivity index (χ1n) is 6.10. The van der Waals surface area contributed by atoms with E-state index in [1.54, 1.807) is 12.5 Å². The molecule has 0 amide bonds. The third-order valence-corrected chi connectivity index (χ3v) is 2.83. The summed E-state index contributed by atoms with van der Waals surface area (Å²) in [5.74, 6) is 2.49. The van der Waals surface area contributed by atoms with Crippen LogP contribution in [0.3, 0.4) is 0 Å². The highest BCUT2D eigenvalue weighted by Crippen LogP contribution is 2.21. The van der Waals surface area contributed by atoms with E-state index in [9.17, 15) is 0 Å². The summed E-state index contributed by atoms with van der Waals surface area (Å²) in [7, 11) is 3.89. The smallest absolute Gasteiger partial charge is 0.139 e. The van der Waals surface area contributed by atoms with Crippen LogP contribution in [0.5, 0.6) is 0 Å². The molecule has 0 bridgehead atoms. The predicted molar refractivity (Wildman–Crippen MR) is 76.7 cm³/mol. The van der Waals surface area contributed by atoms with E-state index in [1.165, 1.54) is 0 Å². The van der Waals surface area contributed by atoms with Gasteiger partial charge in [-0.15, -0.1) is 0 Å². The molecule has 2 aromatic rings. The molecule has 0 aliphatic heterocycles. The molecule has 6 heteroatoms. The van der Waals surface area contributed by atoms with Gasteiger partial charge in [0.1, 0.15) is 23.8 Å². The zero-order chi connectivity index (χ0) is 13.7. The Kier molecular flexibility index (Phi) is 4.25. The van der Waals surface area contributed by atoms with Crippen molar-refractivity contribution >= 4 is 17.5 Å². The zero-order valence-corrected chi connectivity index (χ0v) is 11.2. The molecule has 0 aliphatic carbocycles. The number of hydrogen-bond donors (Lipinski definition) is 1. The summed E-state index contributed by atoms with van der Waals surface area (Å²) in [4.78, 5) is 16.7. The monoisotopic (exact) mass is 258 g/mol. The summed E-state index contributed by atoms with van der Waals surface area (Å²) in [6, 6.07) is 7.69. The van der Waals surface area contributed by atoms with Crippen LogP contribution in [0.15, 0.2) is 36.8 Å². The van der Waals surface area contributed by atoms with Crippen molar-refractivity contribution in [3.63, 3.8) is 0 Å². The molecule has 2 heterocycles. The molecule has 0 aromatic carbocycles. The molecule has 0 unspecified atom stereocenters. The fraction of sp³-hybridized carbons (Fsp3) is 0.308. The average molecular weight is 258 g/mol. The molecule has 2 rings (SSSR count). The van der Waals surface area contributed by atoms with E-state index in [1.807, 2.05) is 48.2 Å². The van der Waals surface area contributed by atoms with E-state index in [0.717, 1.165) is 24.0 Å². The molecular weight excluding hydrogens is 240 g/mol.